The van der Waals surface area contributed by atoms with Crippen molar-refractivity contribution in [2.24, 2.45) is 5.92 Å². The van der Waals surface area contributed by atoms with Gasteiger partial charge in [0.1, 0.15) is 16.8 Å². The lowest BCUT2D eigenvalue weighted by atomic mass is 10.1. The molecule has 0 amide bonds. The first-order chi connectivity index (χ1) is 6.56. The zero-order chi connectivity index (χ0) is 10.7. The van der Waals surface area contributed by atoms with Crippen molar-refractivity contribution in [1.29, 1.82) is 0 Å². The Morgan fingerprint density at radius 1 is 1.50 bits per heavy atom. The molecule has 0 aliphatic rings. The lowest BCUT2D eigenvalue weighted by molar-refractivity contribution is -0.0457. The first kappa shape index (κ1) is 11.9. The van der Waals surface area contributed by atoms with E-state index in [0.717, 1.165) is 0 Å². The molecule has 2 unspecified atom stereocenters. The fourth-order valence-electron chi connectivity index (χ4n) is 0.898. The quantitative estimate of drug-likeness (QED) is 0.458. The molecular weight excluding hydrogens is 222 g/mol. The van der Waals surface area contributed by atoms with Crippen molar-refractivity contribution in [2.75, 3.05) is 5.75 Å². The van der Waals surface area contributed by atoms with Crippen molar-refractivity contribution < 1.29 is 15.3 Å². The highest BCUT2D eigenvalue weighted by molar-refractivity contribution is 7.80. The van der Waals surface area contributed by atoms with Crippen LogP contribution in [0.4, 0.5) is 0 Å². The topological polar surface area (TPSA) is 73.6 Å². The van der Waals surface area contributed by atoms with Crippen molar-refractivity contribution in [3.8, 4) is 0 Å². The predicted octanol–water partition coefficient (Wildman–Crippen LogP) is 0.726. The second-order valence-corrected chi connectivity index (χ2v) is 4.34. The fourth-order valence-corrected chi connectivity index (χ4v) is 2.04. The largest absolute Gasteiger partial charge is 0.386 e. The molecule has 0 bridgehead atoms. The van der Waals surface area contributed by atoms with Gasteiger partial charge in [0.2, 0.25) is 0 Å². The van der Waals surface area contributed by atoms with Gasteiger partial charge in [0.15, 0.2) is 6.29 Å². The van der Waals surface area contributed by atoms with Crippen LogP contribution >= 0.6 is 24.0 Å². The molecule has 1 rings (SSSR count). The molecule has 0 aliphatic heterocycles. The van der Waals surface area contributed by atoms with Gasteiger partial charge in [-0.15, -0.1) is 11.3 Å². The van der Waals surface area contributed by atoms with E-state index in [2.05, 4.69) is 17.6 Å². The van der Waals surface area contributed by atoms with Gasteiger partial charge >= 0.3 is 0 Å². The van der Waals surface area contributed by atoms with Crippen LogP contribution in [0.1, 0.15) is 30.0 Å². The second kappa shape index (κ2) is 5.09. The molecule has 2 atom stereocenters. The van der Waals surface area contributed by atoms with Gasteiger partial charge in [-0.3, -0.25) is 0 Å². The van der Waals surface area contributed by atoms with Crippen LogP contribution in [0.5, 0.6) is 0 Å². The van der Waals surface area contributed by atoms with Gasteiger partial charge in [-0.1, -0.05) is 6.92 Å². The molecule has 0 fully saturated rings. The first-order valence-corrected chi connectivity index (χ1v) is 5.67. The maximum absolute atomic E-state index is 9.72. The highest BCUT2D eigenvalue weighted by atomic mass is 32.1. The van der Waals surface area contributed by atoms with Crippen LogP contribution in [0.25, 0.3) is 0 Å². The Balaban J connectivity index is 2.76. The minimum Gasteiger partial charge on any atom is -0.386 e. The fraction of sp³-hybridized carbons (Fsp3) is 0.625. The summed E-state index contributed by atoms with van der Waals surface area (Å²) in [7, 11) is 0. The number of hydrogen-bond donors (Lipinski definition) is 4. The zero-order valence-electron chi connectivity index (χ0n) is 7.66. The summed E-state index contributed by atoms with van der Waals surface area (Å²) in [6.45, 7) is 1.86. The molecule has 0 saturated heterocycles. The third-order valence-corrected chi connectivity index (χ3v) is 3.39. The van der Waals surface area contributed by atoms with Gasteiger partial charge in [-0.25, -0.2) is 4.98 Å². The van der Waals surface area contributed by atoms with Crippen molar-refractivity contribution >= 4 is 24.0 Å². The SMILES string of the molecule is CC(CS)C(O)c1nc(C(O)O)cs1. The Bertz CT molecular complexity index is 290. The molecule has 0 spiro atoms. The van der Waals surface area contributed by atoms with Gasteiger partial charge in [-0.05, 0) is 11.7 Å². The summed E-state index contributed by atoms with van der Waals surface area (Å²) in [6, 6.07) is 0. The lowest BCUT2D eigenvalue weighted by Crippen LogP contribution is -2.10. The molecular formula is C8H13NO3S2. The van der Waals surface area contributed by atoms with E-state index in [1.165, 1.54) is 16.7 Å². The third-order valence-electron chi connectivity index (χ3n) is 1.88. The smallest absolute Gasteiger partial charge is 0.196 e. The maximum Gasteiger partial charge on any atom is 0.196 e. The molecule has 3 N–H and O–H groups in total. The molecule has 14 heavy (non-hydrogen) atoms. The first-order valence-electron chi connectivity index (χ1n) is 4.16. The number of rotatable bonds is 4. The summed E-state index contributed by atoms with van der Waals surface area (Å²) in [5, 5.41) is 29.4. The van der Waals surface area contributed by atoms with E-state index in [-0.39, 0.29) is 11.6 Å². The predicted molar refractivity (Wildman–Crippen MR) is 57.3 cm³/mol. The van der Waals surface area contributed by atoms with E-state index in [0.29, 0.717) is 10.8 Å². The van der Waals surface area contributed by atoms with Crippen LogP contribution in [-0.2, 0) is 0 Å². The van der Waals surface area contributed by atoms with Gasteiger partial charge in [0, 0.05) is 5.38 Å². The van der Waals surface area contributed by atoms with Crippen LogP contribution in [0, 0.1) is 5.92 Å². The molecule has 1 aromatic rings. The summed E-state index contributed by atoms with van der Waals surface area (Å²) in [5.74, 6) is 0.547. The minimum atomic E-state index is -1.57. The Morgan fingerprint density at radius 2 is 2.14 bits per heavy atom. The van der Waals surface area contributed by atoms with E-state index in [9.17, 15) is 5.11 Å². The average Bonchev–Trinajstić information content (AvgIpc) is 2.64. The lowest BCUT2D eigenvalue weighted by Gasteiger charge is -2.13. The monoisotopic (exact) mass is 235 g/mol. The molecule has 6 heteroatoms. The van der Waals surface area contributed by atoms with Crippen LogP contribution in [-0.4, -0.2) is 26.1 Å². The minimum absolute atomic E-state index is 0.00632. The zero-order valence-corrected chi connectivity index (χ0v) is 9.37. The molecule has 1 heterocycles. The summed E-state index contributed by atoms with van der Waals surface area (Å²) in [4.78, 5) is 3.91. The molecule has 0 aromatic carbocycles. The van der Waals surface area contributed by atoms with E-state index in [4.69, 9.17) is 10.2 Å². The Kier molecular flexibility index (Phi) is 4.33. The molecule has 0 radical (unpaired) electrons. The second-order valence-electron chi connectivity index (χ2n) is 3.09. The van der Waals surface area contributed by atoms with Gasteiger partial charge < -0.3 is 15.3 Å². The standard InChI is InChI=1S/C8H13NO3S2/c1-4(2-13)6(10)7-9-5(3-14-7)8(11)12/h3-4,6,8,10-13H,2H2,1H3. The van der Waals surface area contributed by atoms with Crippen molar-refractivity contribution in [3.05, 3.63) is 16.1 Å². The van der Waals surface area contributed by atoms with E-state index < -0.39 is 12.4 Å². The maximum atomic E-state index is 9.72. The Labute approximate surface area is 91.7 Å². The number of aliphatic hydroxyl groups excluding tert-OH is 2. The van der Waals surface area contributed by atoms with Crippen molar-refractivity contribution in [2.45, 2.75) is 19.3 Å². The molecule has 0 saturated carbocycles. The van der Waals surface area contributed by atoms with Gasteiger partial charge in [0.05, 0.1) is 0 Å². The Hall–Kier alpha value is -0.140. The number of aromatic nitrogens is 1. The summed E-state index contributed by atoms with van der Waals surface area (Å²) < 4.78 is 0. The number of nitrogens with zero attached hydrogens (tertiary/aromatic N) is 1. The van der Waals surface area contributed by atoms with Crippen LogP contribution in [0.15, 0.2) is 5.38 Å². The third kappa shape index (κ3) is 2.68. The van der Waals surface area contributed by atoms with E-state index >= 15 is 0 Å². The van der Waals surface area contributed by atoms with E-state index in [1.54, 1.807) is 0 Å². The Morgan fingerprint density at radius 3 is 2.57 bits per heavy atom. The normalized spacial score (nSPS) is 15.9. The summed E-state index contributed by atoms with van der Waals surface area (Å²) in [5.41, 5.74) is 0.176. The van der Waals surface area contributed by atoms with Gasteiger partial charge in [-0.2, -0.15) is 12.6 Å². The van der Waals surface area contributed by atoms with Crippen molar-refractivity contribution in [1.82, 2.24) is 4.98 Å². The number of thiazole rings is 1. The van der Waals surface area contributed by atoms with Gasteiger partial charge in [0.25, 0.3) is 0 Å². The molecule has 80 valence electrons. The molecule has 1 aromatic heterocycles. The van der Waals surface area contributed by atoms with E-state index in [1.807, 2.05) is 6.92 Å². The number of aliphatic hydroxyl groups is 3. The van der Waals surface area contributed by atoms with Crippen LogP contribution < -0.4 is 0 Å². The molecule has 0 aliphatic carbocycles. The van der Waals surface area contributed by atoms with Crippen LogP contribution in [0.3, 0.4) is 0 Å². The van der Waals surface area contributed by atoms with Crippen LogP contribution in [0.2, 0.25) is 0 Å². The number of thiol groups is 1. The average molecular weight is 235 g/mol. The number of hydrogen-bond acceptors (Lipinski definition) is 6. The molecule has 4 nitrogen and oxygen atoms in total. The highest BCUT2D eigenvalue weighted by Gasteiger charge is 2.19. The summed E-state index contributed by atoms with van der Waals surface area (Å²) in [6.07, 6.45) is -2.26. The summed E-state index contributed by atoms with van der Waals surface area (Å²) >= 11 is 5.29. The van der Waals surface area contributed by atoms with Crippen molar-refractivity contribution in [3.63, 3.8) is 0 Å². The highest BCUT2D eigenvalue weighted by Crippen LogP contribution is 2.26.